The lowest BCUT2D eigenvalue weighted by atomic mass is 10.2. The van der Waals surface area contributed by atoms with Crippen LogP contribution in [0.25, 0.3) is 0 Å². The average molecular weight is 228 g/mol. The number of rotatable bonds is 5. The van der Waals surface area contributed by atoms with Crippen molar-refractivity contribution in [3.8, 4) is 0 Å². The van der Waals surface area contributed by atoms with Crippen LogP contribution in [0.3, 0.4) is 0 Å². The summed E-state index contributed by atoms with van der Waals surface area (Å²) in [5.41, 5.74) is -0.260. The van der Waals surface area contributed by atoms with Crippen molar-refractivity contribution in [3.63, 3.8) is 0 Å². The van der Waals surface area contributed by atoms with Crippen molar-refractivity contribution in [2.75, 3.05) is 20.1 Å². The molecule has 16 heavy (non-hydrogen) atoms. The zero-order valence-electron chi connectivity index (χ0n) is 9.02. The molecule has 1 aromatic carbocycles. The summed E-state index contributed by atoms with van der Waals surface area (Å²) in [6.45, 7) is 1.18. The number of carbonyl (C=O) groups is 1. The van der Waals surface area contributed by atoms with E-state index in [0.29, 0.717) is 6.54 Å². The Hall–Kier alpha value is -1.49. The lowest BCUT2D eigenvalue weighted by Gasteiger charge is -2.05. The molecule has 88 valence electrons. The van der Waals surface area contributed by atoms with Gasteiger partial charge in [-0.15, -0.1) is 0 Å². The molecule has 0 heterocycles. The van der Waals surface area contributed by atoms with Crippen LogP contribution in [0, 0.1) is 11.6 Å². The van der Waals surface area contributed by atoms with Crippen LogP contribution in [-0.4, -0.2) is 26.0 Å². The van der Waals surface area contributed by atoms with Crippen LogP contribution in [0.4, 0.5) is 8.78 Å². The van der Waals surface area contributed by atoms with Crippen molar-refractivity contribution in [2.24, 2.45) is 0 Å². The lowest BCUT2D eigenvalue weighted by Crippen LogP contribution is -2.27. The standard InChI is InChI=1S/C11H14F2N2O/c1-14-5-2-6-15-11(16)9-7-8(12)3-4-10(9)13/h3-4,7,14H,2,5-6H2,1H3,(H,15,16). The van der Waals surface area contributed by atoms with E-state index in [0.717, 1.165) is 31.2 Å². The first-order valence-electron chi connectivity index (χ1n) is 5.03. The highest BCUT2D eigenvalue weighted by Gasteiger charge is 2.11. The van der Waals surface area contributed by atoms with E-state index in [1.807, 2.05) is 0 Å². The highest BCUT2D eigenvalue weighted by Crippen LogP contribution is 2.09. The molecular weight excluding hydrogens is 214 g/mol. The number of hydrogen-bond acceptors (Lipinski definition) is 2. The van der Waals surface area contributed by atoms with Crippen molar-refractivity contribution in [2.45, 2.75) is 6.42 Å². The number of amides is 1. The molecule has 0 unspecified atom stereocenters. The van der Waals surface area contributed by atoms with Gasteiger partial charge < -0.3 is 10.6 Å². The predicted molar refractivity (Wildman–Crippen MR) is 57.2 cm³/mol. The third kappa shape index (κ3) is 3.58. The summed E-state index contributed by atoms with van der Waals surface area (Å²) in [5, 5.41) is 5.43. The number of carbonyl (C=O) groups excluding carboxylic acids is 1. The van der Waals surface area contributed by atoms with Crippen molar-refractivity contribution in [1.29, 1.82) is 0 Å². The first-order chi connectivity index (χ1) is 7.65. The van der Waals surface area contributed by atoms with Gasteiger partial charge in [-0.05, 0) is 38.2 Å². The zero-order chi connectivity index (χ0) is 12.0. The van der Waals surface area contributed by atoms with E-state index in [4.69, 9.17) is 0 Å². The summed E-state index contributed by atoms with van der Waals surface area (Å²) in [4.78, 5) is 11.4. The van der Waals surface area contributed by atoms with Crippen LogP contribution in [0.2, 0.25) is 0 Å². The smallest absolute Gasteiger partial charge is 0.254 e. The lowest BCUT2D eigenvalue weighted by molar-refractivity contribution is 0.0948. The van der Waals surface area contributed by atoms with Gasteiger partial charge in [-0.2, -0.15) is 0 Å². The van der Waals surface area contributed by atoms with Crippen LogP contribution >= 0.6 is 0 Å². The molecule has 0 aromatic heterocycles. The van der Waals surface area contributed by atoms with Gasteiger partial charge in [0, 0.05) is 6.54 Å². The molecule has 0 aliphatic rings. The molecular formula is C11H14F2N2O. The minimum Gasteiger partial charge on any atom is -0.352 e. The van der Waals surface area contributed by atoms with E-state index in [1.54, 1.807) is 7.05 Å². The third-order valence-electron chi connectivity index (χ3n) is 2.06. The first kappa shape index (κ1) is 12.6. The Morgan fingerprint density at radius 3 is 2.75 bits per heavy atom. The fourth-order valence-electron chi connectivity index (χ4n) is 1.23. The third-order valence-corrected chi connectivity index (χ3v) is 2.06. The van der Waals surface area contributed by atoms with Crippen LogP contribution in [0.15, 0.2) is 18.2 Å². The Balaban J connectivity index is 2.55. The molecule has 0 saturated heterocycles. The second-order valence-electron chi connectivity index (χ2n) is 3.34. The molecule has 0 saturated carbocycles. The molecule has 0 aliphatic heterocycles. The fraction of sp³-hybridized carbons (Fsp3) is 0.364. The van der Waals surface area contributed by atoms with Crippen LogP contribution in [0.1, 0.15) is 16.8 Å². The average Bonchev–Trinajstić information content (AvgIpc) is 2.27. The molecule has 0 radical (unpaired) electrons. The quantitative estimate of drug-likeness (QED) is 0.746. The maximum atomic E-state index is 13.2. The van der Waals surface area contributed by atoms with Gasteiger partial charge in [0.25, 0.3) is 5.91 Å². The molecule has 1 rings (SSSR count). The predicted octanol–water partition coefficient (Wildman–Crippen LogP) is 1.30. The monoisotopic (exact) mass is 228 g/mol. The molecule has 2 N–H and O–H groups in total. The fourth-order valence-corrected chi connectivity index (χ4v) is 1.23. The normalized spacial score (nSPS) is 10.2. The van der Waals surface area contributed by atoms with Gasteiger partial charge in [-0.1, -0.05) is 0 Å². The summed E-state index contributed by atoms with van der Waals surface area (Å²) >= 11 is 0. The first-order valence-corrected chi connectivity index (χ1v) is 5.03. The number of halogens is 2. The molecule has 0 atom stereocenters. The van der Waals surface area contributed by atoms with Gasteiger partial charge in [-0.3, -0.25) is 4.79 Å². The molecule has 3 nitrogen and oxygen atoms in total. The minimum absolute atomic E-state index is 0.260. The van der Waals surface area contributed by atoms with Crippen molar-refractivity contribution in [3.05, 3.63) is 35.4 Å². The second kappa shape index (κ2) is 6.17. The Labute approximate surface area is 92.8 Å². The molecule has 0 spiro atoms. The molecule has 1 aromatic rings. The number of nitrogens with one attached hydrogen (secondary N) is 2. The molecule has 0 aliphatic carbocycles. The Morgan fingerprint density at radius 1 is 1.31 bits per heavy atom. The van der Waals surface area contributed by atoms with Gasteiger partial charge in [0.15, 0.2) is 0 Å². The highest BCUT2D eigenvalue weighted by atomic mass is 19.1. The van der Waals surface area contributed by atoms with Crippen LogP contribution in [0.5, 0.6) is 0 Å². The van der Waals surface area contributed by atoms with Crippen molar-refractivity contribution < 1.29 is 13.6 Å². The van der Waals surface area contributed by atoms with E-state index in [2.05, 4.69) is 10.6 Å². The SMILES string of the molecule is CNCCCNC(=O)c1cc(F)ccc1F. The van der Waals surface area contributed by atoms with Gasteiger partial charge in [0.05, 0.1) is 5.56 Å². The zero-order valence-corrected chi connectivity index (χ0v) is 9.02. The van der Waals surface area contributed by atoms with E-state index in [9.17, 15) is 13.6 Å². The summed E-state index contributed by atoms with van der Waals surface area (Å²) in [6.07, 6.45) is 0.735. The summed E-state index contributed by atoms with van der Waals surface area (Å²) in [6, 6.07) is 2.81. The van der Waals surface area contributed by atoms with Crippen molar-refractivity contribution >= 4 is 5.91 Å². The maximum Gasteiger partial charge on any atom is 0.254 e. The Bertz CT molecular complexity index is 369. The van der Waals surface area contributed by atoms with E-state index < -0.39 is 17.5 Å². The van der Waals surface area contributed by atoms with Gasteiger partial charge in [0.1, 0.15) is 11.6 Å². The summed E-state index contributed by atoms with van der Waals surface area (Å²) in [7, 11) is 1.80. The molecule has 5 heteroatoms. The number of benzene rings is 1. The van der Waals surface area contributed by atoms with Crippen LogP contribution < -0.4 is 10.6 Å². The Morgan fingerprint density at radius 2 is 2.06 bits per heavy atom. The van der Waals surface area contributed by atoms with Gasteiger partial charge in [-0.25, -0.2) is 8.78 Å². The second-order valence-corrected chi connectivity index (χ2v) is 3.34. The van der Waals surface area contributed by atoms with Gasteiger partial charge in [0.2, 0.25) is 0 Å². The molecule has 0 fully saturated rings. The maximum absolute atomic E-state index is 13.2. The largest absolute Gasteiger partial charge is 0.352 e. The van der Waals surface area contributed by atoms with E-state index in [-0.39, 0.29) is 5.56 Å². The van der Waals surface area contributed by atoms with E-state index >= 15 is 0 Å². The topological polar surface area (TPSA) is 41.1 Å². The number of hydrogen-bond donors (Lipinski definition) is 2. The Kier molecular flexibility index (Phi) is 4.85. The summed E-state index contributed by atoms with van der Waals surface area (Å²) < 4.78 is 25.9. The van der Waals surface area contributed by atoms with Crippen LogP contribution in [-0.2, 0) is 0 Å². The molecule has 0 bridgehead atoms. The molecule has 1 amide bonds. The minimum atomic E-state index is -0.715. The highest BCUT2D eigenvalue weighted by molar-refractivity contribution is 5.94. The van der Waals surface area contributed by atoms with Crippen molar-refractivity contribution in [1.82, 2.24) is 10.6 Å². The van der Waals surface area contributed by atoms with E-state index in [1.165, 1.54) is 0 Å². The summed E-state index contributed by atoms with van der Waals surface area (Å²) in [5.74, 6) is -1.93. The van der Waals surface area contributed by atoms with Gasteiger partial charge >= 0.3 is 0 Å².